The molecule has 270 valence electrons. The van der Waals surface area contributed by atoms with E-state index in [-0.39, 0.29) is 21.7 Å². The minimum absolute atomic E-state index is 0.0207. The minimum atomic E-state index is 0.0207. The highest BCUT2D eigenvalue weighted by Crippen LogP contribution is 2.35. The molecule has 0 saturated heterocycles. The molecular formula is C49H74. The number of rotatable bonds is 4. The van der Waals surface area contributed by atoms with Crippen molar-refractivity contribution in [1.82, 2.24) is 0 Å². The number of hydrogen-bond donors (Lipinski definition) is 0. The Morgan fingerprint density at radius 1 is 0.531 bits per heavy atom. The zero-order valence-corrected chi connectivity index (χ0v) is 34.9. The molecule has 0 spiro atoms. The van der Waals surface area contributed by atoms with Crippen molar-refractivity contribution in [2.75, 3.05) is 0 Å². The van der Waals surface area contributed by atoms with Crippen molar-refractivity contribution in [3.8, 4) is 0 Å². The van der Waals surface area contributed by atoms with E-state index < -0.39 is 0 Å². The summed E-state index contributed by atoms with van der Waals surface area (Å²) in [5.41, 5.74) is 9.27. The van der Waals surface area contributed by atoms with Gasteiger partial charge >= 0.3 is 0 Å². The van der Waals surface area contributed by atoms with Crippen LogP contribution in [-0.2, 0) is 21.7 Å². The molecule has 1 aliphatic rings. The lowest BCUT2D eigenvalue weighted by Crippen LogP contribution is -2.20. The molecule has 0 radical (unpaired) electrons. The van der Waals surface area contributed by atoms with Gasteiger partial charge in [-0.25, -0.2) is 0 Å². The molecule has 0 fully saturated rings. The fourth-order valence-corrected chi connectivity index (χ4v) is 5.68. The Hall–Kier alpha value is -3.12. The predicted molar refractivity (Wildman–Crippen MR) is 223 cm³/mol. The highest BCUT2D eigenvalue weighted by atomic mass is 14.3. The van der Waals surface area contributed by atoms with Crippen molar-refractivity contribution < 1.29 is 0 Å². The Morgan fingerprint density at radius 2 is 0.857 bits per heavy atom. The summed E-state index contributed by atoms with van der Waals surface area (Å²) in [4.78, 5) is 0. The normalized spacial score (nSPS) is 15.0. The maximum atomic E-state index is 2.31. The van der Waals surface area contributed by atoms with Gasteiger partial charge in [0.25, 0.3) is 0 Å². The summed E-state index contributed by atoms with van der Waals surface area (Å²) < 4.78 is 0. The van der Waals surface area contributed by atoms with Crippen LogP contribution in [0.5, 0.6) is 0 Å². The predicted octanol–water partition coefficient (Wildman–Crippen LogP) is 15.0. The van der Waals surface area contributed by atoms with Crippen molar-refractivity contribution in [3.05, 3.63) is 143 Å². The highest BCUT2D eigenvalue weighted by molar-refractivity contribution is 5.41. The van der Waals surface area contributed by atoms with E-state index in [0.29, 0.717) is 11.3 Å². The first kappa shape index (κ1) is 43.9. The first-order valence-corrected chi connectivity index (χ1v) is 18.8. The summed E-state index contributed by atoms with van der Waals surface area (Å²) in [6, 6.07) is 27.0. The molecule has 0 bridgehead atoms. The van der Waals surface area contributed by atoms with Crippen LogP contribution in [0, 0.1) is 18.3 Å². The summed E-state index contributed by atoms with van der Waals surface area (Å²) in [6.07, 6.45) is 15.7. The van der Waals surface area contributed by atoms with E-state index in [2.05, 4.69) is 227 Å². The van der Waals surface area contributed by atoms with Gasteiger partial charge in [-0.15, -0.1) is 0 Å². The molecule has 1 aliphatic carbocycles. The van der Waals surface area contributed by atoms with Gasteiger partial charge in [-0.05, 0) is 75.7 Å². The van der Waals surface area contributed by atoms with E-state index in [4.69, 9.17) is 0 Å². The lowest BCUT2D eigenvalue weighted by Gasteiger charge is -2.29. The van der Waals surface area contributed by atoms with E-state index in [1.54, 1.807) is 0 Å². The quantitative estimate of drug-likeness (QED) is 0.244. The van der Waals surface area contributed by atoms with E-state index >= 15 is 0 Å². The summed E-state index contributed by atoms with van der Waals surface area (Å²) in [7, 11) is 0. The molecule has 3 aromatic carbocycles. The summed E-state index contributed by atoms with van der Waals surface area (Å²) in [5.74, 6) is 0.665. The molecule has 1 unspecified atom stereocenters. The largest absolute Gasteiger partial charge is 0.0911 e. The third-order valence-electron chi connectivity index (χ3n) is 9.40. The average Bonchev–Trinajstić information content (AvgIpc) is 3.02. The molecule has 0 aliphatic heterocycles. The number of allylic oxidation sites excluding steroid dienone is 6. The molecule has 0 saturated carbocycles. The Labute approximate surface area is 305 Å². The third-order valence-corrected chi connectivity index (χ3v) is 9.40. The van der Waals surface area contributed by atoms with E-state index in [0.717, 1.165) is 0 Å². The van der Waals surface area contributed by atoms with Crippen molar-refractivity contribution in [2.24, 2.45) is 11.3 Å². The Kier molecular flexibility index (Phi) is 16.8. The van der Waals surface area contributed by atoms with Crippen molar-refractivity contribution >= 4 is 0 Å². The van der Waals surface area contributed by atoms with E-state index in [1.165, 1.54) is 46.2 Å². The fourth-order valence-electron chi connectivity index (χ4n) is 5.68. The molecule has 0 N–H and O–H groups in total. The molecule has 0 amide bonds. The van der Waals surface area contributed by atoms with E-state index in [9.17, 15) is 0 Å². The summed E-state index contributed by atoms with van der Waals surface area (Å²) >= 11 is 0. The molecule has 4 rings (SSSR count). The van der Waals surface area contributed by atoms with Crippen molar-refractivity contribution in [1.29, 1.82) is 0 Å². The standard InChI is InChI=1S/C23H32.C12H18.C11H16.C3H8/c1-21(2,3)17-9-13-19(14-10-17)23(7,8)20-15-11-18(12-16-20)22(4,5)6;1-4-10-12(2,3)11-8-6-5-7-9-11;1-9-5-7-10(8-6-9)11(2,3)4;1-3-2/h9-16H,1-8H3;4-8,10-11H,9H2,1-3H3;5-8H,1-4H3;3H2,1-2H3. The monoisotopic (exact) mass is 663 g/mol. The van der Waals surface area contributed by atoms with Crippen LogP contribution in [0.2, 0.25) is 0 Å². The Morgan fingerprint density at radius 3 is 1.14 bits per heavy atom. The first-order chi connectivity index (χ1) is 22.5. The molecular weight excluding hydrogens is 589 g/mol. The van der Waals surface area contributed by atoms with Crippen LogP contribution >= 0.6 is 0 Å². The lowest BCUT2D eigenvalue weighted by molar-refractivity contribution is 0.343. The molecule has 0 nitrogen and oxygen atoms in total. The van der Waals surface area contributed by atoms with Crippen LogP contribution in [-0.4, -0.2) is 0 Å². The smallest absolute Gasteiger partial charge is 0.0146 e. The SMILES string of the molecule is CC(C)(C)c1ccc(C(C)(C)c2ccc(C(C)(C)C)cc2)cc1.CC=CC(C)(C)C1C=CC=CC1.CCC.Cc1ccc(C(C)(C)C)cc1. The van der Waals surface area contributed by atoms with Crippen LogP contribution in [0.3, 0.4) is 0 Å². The highest BCUT2D eigenvalue weighted by Gasteiger charge is 2.25. The maximum Gasteiger partial charge on any atom is 0.0146 e. The van der Waals surface area contributed by atoms with Gasteiger partial charge < -0.3 is 0 Å². The minimum Gasteiger partial charge on any atom is -0.0911 e. The molecule has 49 heavy (non-hydrogen) atoms. The van der Waals surface area contributed by atoms with Crippen LogP contribution < -0.4 is 0 Å². The van der Waals surface area contributed by atoms with Gasteiger partial charge in [-0.2, -0.15) is 0 Å². The number of benzene rings is 3. The Balaban J connectivity index is 0.000000387. The number of aryl methyl sites for hydroxylation is 1. The van der Waals surface area contributed by atoms with Gasteiger partial charge in [0.05, 0.1) is 0 Å². The topological polar surface area (TPSA) is 0 Å². The molecule has 1 atom stereocenters. The summed E-state index contributed by atoms with van der Waals surface area (Å²) in [5, 5.41) is 0. The number of hydrogen-bond acceptors (Lipinski definition) is 0. The maximum absolute atomic E-state index is 2.31. The van der Waals surface area contributed by atoms with Crippen LogP contribution in [0.15, 0.2) is 109 Å². The van der Waals surface area contributed by atoms with Crippen LogP contribution in [0.25, 0.3) is 0 Å². The lowest BCUT2D eigenvalue weighted by atomic mass is 9.75. The van der Waals surface area contributed by atoms with Crippen molar-refractivity contribution in [3.63, 3.8) is 0 Å². The molecule has 0 heterocycles. The first-order valence-electron chi connectivity index (χ1n) is 18.8. The van der Waals surface area contributed by atoms with Gasteiger partial charge in [-0.1, -0.05) is 225 Å². The van der Waals surface area contributed by atoms with Gasteiger partial charge in [-0.3, -0.25) is 0 Å². The van der Waals surface area contributed by atoms with Crippen LogP contribution in [0.4, 0.5) is 0 Å². The molecule has 3 aromatic rings. The molecule has 0 heteroatoms. The second-order valence-corrected chi connectivity index (χ2v) is 18.1. The van der Waals surface area contributed by atoms with Gasteiger partial charge in [0.2, 0.25) is 0 Å². The van der Waals surface area contributed by atoms with Crippen molar-refractivity contribution in [2.45, 2.75) is 152 Å². The fraction of sp³-hybridized carbons (Fsp3) is 0.510. The Bertz CT molecular complexity index is 1370. The third kappa shape index (κ3) is 14.7. The second kappa shape index (κ2) is 18.8. The van der Waals surface area contributed by atoms with Gasteiger partial charge in [0.1, 0.15) is 0 Å². The molecule has 0 aromatic heterocycles. The van der Waals surface area contributed by atoms with Crippen LogP contribution in [0.1, 0.15) is 157 Å². The van der Waals surface area contributed by atoms with Gasteiger partial charge in [0.15, 0.2) is 0 Å². The summed E-state index contributed by atoms with van der Waals surface area (Å²) in [6.45, 7) is 37.9. The zero-order chi connectivity index (χ0) is 37.7. The van der Waals surface area contributed by atoms with Gasteiger partial charge in [0, 0.05) is 5.41 Å². The average molecular weight is 663 g/mol. The second-order valence-electron chi connectivity index (χ2n) is 18.1. The zero-order valence-electron chi connectivity index (χ0n) is 34.9. The van der Waals surface area contributed by atoms with E-state index in [1.807, 2.05) is 0 Å².